The minimum absolute atomic E-state index is 0.0356. The number of carbonyl (C=O) groups is 1. The van der Waals surface area contributed by atoms with Crippen molar-refractivity contribution in [2.45, 2.75) is 44.2 Å². The van der Waals surface area contributed by atoms with Gasteiger partial charge >= 0.3 is 0 Å². The molecule has 2 saturated carbocycles. The Hall–Kier alpha value is -1.85. The summed E-state index contributed by atoms with van der Waals surface area (Å²) in [6, 6.07) is 0.726. The lowest BCUT2D eigenvalue weighted by Crippen LogP contribution is -2.29. The van der Waals surface area contributed by atoms with E-state index < -0.39 is 0 Å². The first-order valence-corrected chi connectivity index (χ1v) is 6.84. The van der Waals surface area contributed by atoms with E-state index in [0.717, 1.165) is 25.7 Å². The van der Waals surface area contributed by atoms with Crippen molar-refractivity contribution < 1.29 is 4.79 Å². The van der Waals surface area contributed by atoms with E-state index in [9.17, 15) is 9.59 Å². The Morgan fingerprint density at radius 1 is 1.37 bits per heavy atom. The summed E-state index contributed by atoms with van der Waals surface area (Å²) in [4.78, 5) is 27.6. The van der Waals surface area contributed by atoms with E-state index >= 15 is 0 Å². The van der Waals surface area contributed by atoms with Crippen molar-refractivity contribution in [1.29, 1.82) is 0 Å². The van der Waals surface area contributed by atoms with E-state index in [4.69, 9.17) is 0 Å². The van der Waals surface area contributed by atoms with Crippen LogP contribution in [0.2, 0.25) is 0 Å². The van der Waals surface area contributed by atoms with Crippen LogP contribution in [0.4, 0.5) is 5.82 Å². The number of aromatic nitrogens is 2. The molecular formula is C13H18N4O2. The predicted octanol–water partition coefficient (Wildman–Crippen LogP) is 0.659. The van der Waals surface area contributed by atoms with Crippen molar-refractivity contribution in [3.63, 3.8) is 0 Å². The Bertz CT molecular complexity index is 532. The molecule has 1 aromatic rings. The number of nitrogens with one attached hydrogen (secondary N) is 2. The third kappa shape index (κ3) is 3.13. The highest BCUT2D eigenvalue weighted by Crippen LogP contribution is 2.33. The monoisotopic (exact) mass is 262 g/mol. The molecule has 1 amide bonds. The zero-order chi connectivity index (χ0) is 13.2. The summed E-state index contributed by atoms with van der Waals surface area (Å²) < 4.78 is 1.72. The van der Waals surface area contributed by atoms with Gasteiger partial charge in [0.15, 0.2) is 5.82 Å². The zero-order valence-corrected chi connectivity index (χ0v) is 10.8. The molecule has 3 rings (SSSR count). The number of carbonyl (C=O) groups excluding carboxylic acids is 1. The fourth-order valence-corrected chi connectivity index (χ4v) is 2.01. The van der Waals surface area contributed by atoms with E-state index in [0.29, 0.717) is 30.9 Å². The summed E-state index contributed by atoms with van der Waals surface area (Å²) >= 11 is 0. The van der Waals surface area contributed by atoms with E-state index in [1.807, 2.05) is 0 Å². The van der Waals surface area contributed by atoms with Gasteiger partial charge in [-0.1, -0.05) is 0 Å². The van der Waals surface area contributed by atoms with Gasteiger partial charge in [-0.15, -0.1) is 0 Å². The molecule has 0 aliphatic heterocycles. The van der Waals surface area contributed by atoms with E-state index in [-0.39, 0.29) is 11.5 Å². The van der Waals surface area contributed by atoms with Crippen LogP contribution in [0.1, 0.15) is 38.1 Å². The highest BCUT2D eigenvalue weighted by Gasteiger charge is 2.25. The number of rotatable bonds is 6. The average Bonchev–Trinajstić information content (AvgIpc) is 3.24. The standard InChI is InChI=1S/C13H18N4O2/c18-11(16-9-1-2-9)5-6-14-12-13(19)17(8-7-15-12)10-3-4-10/h7-10H,1-6H2,(H,14,15)(H,16,18). The fraction of sp³-hybridized carbons (Fsp3) is 0.615. The van der Waals surface area contributed by atoms with Gasteiger partial charge in [0.1, 0.15) is 0 Å². The predicted molar refractivity (Wildman–Crippen MR) is 71.0 cm³/mol. The van der Waals surface area contributed by atoms with Crippen molar-refractivity contribution >= 4 is 11.7 Å². The molecule has 0 unspecified atom stereocenters. The molecule has 0 spiro atoms. The maximum absolute atomic E-state index is 12.1. The van der Waals surface area contributed by atoms with Gasteiger partial charge in [-0.3, -0.25) is 9.59 Å². The van der Waals surface area contributed by atoms with Crippen molar-refractivity contribution in [2.75, 3.05) is 11.9 Å². The van der Waals surface area contributed by atoms with Crippen molar-refractivity contribution in [1.82, 2.24) is 14.9 Å². The van der Waals surface area contributed by atoms with Crippen LogP contribution in [0.5, 0.6) is 0 Å². The van der Waals surface area contributed by atoms with Crippen LogP contribution in [0.3, 0.4) is 0 Å². The molecule has 0 atom stereocenters. The molecule has 1 heterocycles. The second kappa shape index (κ2) is 5.03. The van der Waals surface area contributed by atoms with E-state index in [1.54, 1.807) is 17.0 Å². The third-order valence-corrected chi connectivity index (χ3v) is 3.40. The largest absolute Gasteiger partial charge is 0.365 e. The SMILES string of the molecule is O=C(CCNc1nccn(C2CC2)c1=O)NC1CC1. The maximum Gasteiger partial charge on any atom is 0.293 e. The molecule has 2 fully saturated rings. The Labute approximate surface area is 111 Å². The summed E-state index contributed by atoms with van der Waals surface area (Å²) in [6.07, 6.45) is 8.03. The van der Waals surface area contributed by atoms with Gasteiger partial charge in [0.2, 0.25) is 5.91 Å². The quantitative estimate of drug-likeness (QED) is 0.789. The zero-order valence-electron chi connectivity index (χ0n) is 10.8. The minimum atomic E-state index is -0.0902. The highest BCUT2D eigenvalue weighted by atomic mass is 16.1. The van der Waals surface area contributed by atoms with Crippen LogP contribution in [0.15, 0.2) is 17.2 Å². The van der Waals surface area contributed by atoms with Gasteiger partial charge in [-0.25, -0.2) is 4.98 Å². The molecule has 1 aromatic heterocycles. The lowest BCUT2D eigenvalue weighted by atomic mass is 10.4. The Morgan fingerprint density at radius 3 is 2.84 bits per heavy atom. The topological polar surface area (TPSA) is 76.0 Å². The number of hydrogen-bond donors (Lipinski definition) is 2. The van der Waals surface area contributed by atoms with Crippen LogP contribution < -0.4 is 16.2 Å². The fourth-order valence-electron chi connectivity index (χ4n) is 2.01. The maximum atomic E-state index is 12.1. The molecule has 0 aromatic carbocycles. The minimum Gasteiger partial charge on any atom is -0.365 e. The highest BCUT2D eigenvalue weighted by molar-refractivity contribution is 5.77. The molecule has 6 heteroatoms. The van der Waals surface area contributed by atoms with Gasteiger partial charge in [0.05, 0.1) is 0 Å². The van der Waals surface area contributed by atoms with E-state index in [1.165, 1.54) is 0 Å². The van der Waals surface area contributed by atoms with Crippen molar-refractivity contribution in [3.8, 4) is 0 Å². The molecule has 0 radical (unpaired) electrons. The number of amides is 1. The molecule has 2 aliphatic carbocycles. The first-order chi connectivity index (χ1) is 9.24. The Balaban J connectivity index is 1.53. The summed E-state index contributed by atoms with van der Waals surface area (Å²) in [7, 11) is 0. The van der Waals surface area contributed by atoms with Crippen LogP contribution in [-0.4, -0.2) is 28.0 Å². The molecule has 6 nitrogen and oxygen atoms in total. The van der Waals surface area contributed by atoms with Gasteiger partial charge in [0.25, 0.3) is 5.56 Å². The summed E-state index contributed by atoms with van der Waals surface area (Å²) in [6.45, 7) is 0.440. The summed E-state index contributed by atoms with van der Waals surface area (Å²) in [5.41, 5.74) is -0.0902. The number of nitrogens with zero attached hydrogens (tertiary/aromatic N) is 2. The van der Waals surface area contributed by atoms with Crippen molar-refractivity contribution in [2.24, 2.45) is 0 Å². The van der Waals surface area contributed by atoms with Crippen LogP contribution in [0.25, 0.3) is 0 Å². The molecule has 2 aliphatic rings. The van der Waals surface area contributed by atoms with Gasteiger partial charge in [-0.05, 0) is 25.7 Å². The normalized spacial score (nSPS) is 18.1. The average molecular weight is 262 g/mol. The van der Waals surface area contributed by atoms with Crippen molar-refractivity contribution in [3.05, 3.63) is 22.7 Å². The third-order valence-electron chi connectivity index (χ3n) is 3.40. The lowest BCUT2D eigenvalue weighted by Gasteiger charge is -2.08. The molecule has 2 N–H and O–H groups in total. The van der Waals surface area contributed by atoms with Gasteiger partial charge in [-0.2, -0.15) is 0 Å². The molecule has 102 valence electrons. The lowest BCUT2D eigenvalue weighted by molar-refractivity contribution is -0.120. The first kappa shape index (κ1) is 12.2. The second-order valence-corrected chi connectivity index (χ2v) is 5.24. The molecule has 0 saturated heterocycles. The molecule has 0 bridgehead atoms. The van der Waals surface area contributed by atoms with Gasteiger partial charge in [0, 0.05) is 37.4 Å². The number of hydrogen-bond acceptors (Lipinski definition) is 4. The molecular weight excluding hydrogens is 244 g/mol. The Kier molecular flexibility index (Phi) is 3.23. The first-order valence-electron chi connectivity index (χ1n) is 6.84. The second-order valence-electron chi connectivity index (χ2n) is 5.24. The number of anilines is 1. The van der Waals surface area contributed by atoms with Gasteiger partial charge < -0.3 is 15.2 Å². The summed E-state index contributed by atoms with van der Waals surface area (Å²) in [5.74, 6) is 0.377. The van der Waals surface area contributed by atoms with E-state index in [2.05, 4.69) is 15.6 Å². The Morgan fingerprint density at radius 2 is 2.16 bits per heavy atom. The molecule has 19 heavy (non-hydrogen) atoms. The smallest absolute Gasteiger partial charge is 0.293 e. The summed E-state index contributed by atoms with van der Waals surface area (Å²) in [5, 5.41) is 5.87. The van der Waals surface area contributed by atoms with Crippen LogP contribution in [-0.2, 0) is 4.79 Å². The van der Waals surface area contributed by atoms with Crippen LogP contribution in [0, 0.1) is 0 Å². The van der Waals surface area contributed by atoms with Crippen LogP contribution >= 0.6 is 0 Å².